The molecule has 30 heavy (non-hydrogen) atoms. The van der Waals surface area contributed by atoms with Crippen molar-refractivity contribution >= 4 is 45.8 Å². The van der Waals surface area contributed by atoms with E-state index in [2.05, 4.69) is 21.2 Å². The van der Waals surface area contributed by atoms with Crippen LogP contribution in [0.1, 0.15) is 39.9 Å². The monoisotopic (exact) mass is 492 g/mol. The molecule has 0 radical (unpaired) electrons. The normalized spacial score (nSPS) is 13.8. The number of hydrogen-bond acceptors (Lipinski definition) is 4. The van der Waals surface area contributed by atoms with Crippen molar-refractivity contribution < 1.29 is 18.8 Å². The van der Waals surface area contributed by atoms with E-state index < -0.39 is 6.04 Å². The second-order valence-electron chi connectivity index (χ2n) is 6.98. The number of alkyl halides is 1. The Kier molecular flexibility index (Phi) is 7.66. The molecule has 0 saturated carbocycles. The lowest BCUT2D eigenvalue weighted by Gasteiger charge is -2.22. The van der Waals surface area contributed by atoms with Gasteiger partial charge in [0.1, 0.15) is 12.1 Å². The van der Waals surface area contributed by atoms with Crippen molar-refractivity contribution in [2.75, 3.05) is 7.05 Å². The maximum absolute atomic E-state index is 14.3. The molecule has 2 amide bonds. The van der Waals surface area contributed by atoms with E-state index >= 15 is 0 Å². The van der Waals surface area contributed by atoms with Gasteiger partial charge in [0.2, 0.25) is 5.91 Å². The number of thioether (sulfide) groups is 1. The number of nitrogens with zero attached hydrogens (tertiary/aromatic N) is 1. The molecule has 1 atom stereocenters. The fourth-order valence-corrected chi connectivity index (χ4v) is 4.79. The van der Waals surface area contributed by atoms with Crippen molar-refractivity contribution in [3.63, 3.8) is 0 Å². The number of fused-ring (bicyclic) bond motifs is 1. The van der Waals surface area contributed by atoms with Crippen molar-refractivity contribution in [2.24, 2.45) is 0 Å². The summed E-state index contributed by atoms with van der Waals surface area (Å²) in [7, 11) is 1.54. The highest BCUT2D eigenvalue weighted by atomic mass is 79.9. The molecule has 1 aliphatic rings. The number of aldehydes is 1. The van der Waals surface area contributed by atoms with Gasteiger partial charge in [-0.05, 0) is 41.3 Å². The van der Waals surface area contributed by atoms with Crippen LogP contribution in [-0.2, 0) is 27.2 Å². The van der Waals surface area contributed by atoms with Gasteiger partial charge < -0.3 is 15.0 Å². The van der Waals surface area contributed by atoms with E-state index in [-0.39, 0.29) is 30.5 Å². The van der Waals surface area contributed by atoms with Crippen LogP contribution in [0.15, 0.2) is 41.3 Å². The van der Waals surface area contributed by atoms with Crippen molar-refractivity contribution in [3.8, 4) is 0 Å². The van der Waals surface area contributed by atoms with Gasteiger partial charge in [0.15, 0.2) is 0 Å². The van der Waals surface area contributed by atoms with Gasteiger partial charge in [0, 0.05) is 41.6 Å². The van der Waals surface area contributed by atoms with Crippen LogP contribution < -0.4 is 5.32 Å². The number of rotatable bonds is 9. The lowest BCUT2D eigenvalue weighted by Crippen LogP contribution is -2.37. The van der Waals surface area contributed by atoms with Crippen LogP contribution >= 0.6 is 27.7 Å². The number of amides is 2. The standard InChI is InChI=1S/C22H22BrFN2O3S/c1-25-21(28)8-7-16(12-27)26-11-18-17(22(26)29)3-2-4-20(18)30-13-15-6-5-14(10-23)9-19(15)24/h2-6,9,12,16H,7-8,10-11,13H2,1H3,(H,25,28). The predicted octanol–water partition coefficient (Wildman–Crippen LogP) is 4.06. The molecule has 3 rings (SSSR count). The maximum atomic E-state index is 14.3. The third-order valence-electron chi connectivity index (χ3n) is 5.11. The van der Waals surface area contributed by atoms with Crippen LogP contribution in [0.5, 0.6) is 0 Å². The van der Waals surface area contributed by atoms with Gasteiger partial charge in [0.25, 0.3) is 5.91 Å². The van der Waals surface area contributed by atoms with E-state index in [4.69, 9.17) is 0 Å². The Labute approximate surface area is 187 Å². The SMILES string of the molecule is CNC(=O)CCC(C=O)N1Cc2c(SCc3ccc(CBr)cc3F)cccc2C1=O. The zero-order chi connectivity index (χ0) is 21.7. The Balaban J connectivity index is 1.74. The molecule has 0 spiro atoms. The average molecular weight is 493 g/mol. The molecule has 8 heteroatoms. The van der Waals surface area contributed by atoms with Crippen LogP contribution in [0, 0.1) is 5.82 Å². The molecule has 0 saturated heterocycles. The van der Waals surface area contributed by atoms with Crippen LogP contribution in [0.3, 0.4) is 0 Å². The van der Waals surface area contributed by atoms with Gasteiger partial charge >= 0.3 is 0 Å². The third kappa shape index (κ3) is 4.92. The molecule has 0 aliphatic carbocycles. The summed E-state index contributed by atoms with van der Waals surface area (Å²) in [6.07, 6.45) is 1.17. The highest BCUT2D eigenvalue weighted by Crippen LogP contribution is 2.35. The quantitative estimate of drug-likeness (QED) is 0.325. The third-order valence-corrected chi connectivity index (χ3v) is 6.91. The Morgan fingerprint density at radius 1 is 1.37 bits per heavy atom. The molecule has 1 aliphatic heterocycles. The minimum Gasteiger partial charge on any atom is -0.359 e. The lowest BCUT2D eigenvalue weighted by molar-refractivity contribution is -0.121. The number of hydrogen-bond donors (Lipinski definition) is 1. The predicted molar refractivity (Wildman–Crippen MR) is 118 cm³/mol. The number of carbonyl (C=O) groups excluding carboxylic acids is 3. The Bertz CT molecular complexity index is 969. The second kappa shape index (κ2) is 10.2. The molecule has 158 valence electrons. The summed E-state index contributed by atoms with van der Waals surface area (Å²) in [5.74, 6) is -0.197. The summed E-state index contributed by atoms with van der Waals surface area (Å²) < 4.78 is 14.3. The molecular formula is C22H22BrFN2O3S. The summed E-state index contributed by atoms with van der Waals surface area (Å²) in [6, 6.07) is 9.98. The fraction of sp³-hybridized carbons (Fsp3) is 0.318. The molecule has 5 nitrogen and oxygen atoms in total. The largest absolute Gasteiger partial charge is 0.359 e. The highest BCUT2D eigenvalue weighted by Gasteiger charge is 2.34. The van der Waals surface area contributed by atoms with Gasteiger partial charge in [-0.25, -0.2) is 4.39 Å². The first-order valence-corrected chi connectivity index (χ1v) is 11.6. The average Bonchev–Trinajstić information content (AvgIpc) is 3.10. The summed E-state index contributed by atoms with van der Waals surface area (Å²) in [5, 5.41) is 3.12. The molecule has 1 N–H and O–H groups in total. The molecule has 1 unspecified atom stereocenters. The van der Waals surface area contributed by atoms with E-state index in [1.165, 1.54) is 29.8 Å². The molecule has 2 aromatic rings. The first-order chi connectivity index (χ1) is 14.5. The Morgan fingerprint density at radius 3 is 2.83 bits per heavy atom. The topological polar surface area (TPSA) is 66.5 Å². The number of carbonyl (C=O) groups is 3. The van der Waals surface area contributed by atoms with Gasteiger partial charge in [-0.15, -0.1) is 11.8 Å². The lowest BCUT2D eigenvalue weighted by atomic mass is 10.1. The Morgan fingerprint density at radius 2 is 2.17 bits per heavy atom. The smallest absolute Gasteiger partial charge is 0.255 e. The van der Waals surface area contributed by atoms with E-state index in [0.717, 1.165) is 22.3 Å². The number of benzene rings is 2. The fourth-order valence-electron chi connectivity index (χ4n) is 3.38. The summed E-state index contributed by atoms with van der Waals surface area (Å²) in [4.78, 5) is 38.4. The second-order valence-corrected chi connectivity index (χ2v) is 8.56. The van der Waals surface area contributed by atoms with E-state index in [1.54, 1.807) is 18.2 Å². The van der Waals surface area contributed by atoms with E-state index in [0.29, 0.717) is 28.8 Å². The first kappa shape index (κ1) is 22.5. The van der Waals surface area contributed by atoms with Gasteiger partial charge in [0.05, 0.1) is 6.04 Å². The number of halogens is 2. The van der Waals surface area contributed by atoms with Crippen LogP contribution in [0.25, 0.3) is 0 Å². The van der Waals surface area contributed by atoms with Crippen LogP contribution in [-0.4, -0.2) is 36.1 Å². The molecule has 0 fully saturated rings. The van der Waals surface area contributed by atoms with Crippen molar-refractivity contribution in [2.45, 2.75) is 41.4 Å². The summed E-state index contributed by atoms with van der Waals surface area (Å²) >= 11 is 4.79. The maximum Gasteiger partial charge on any atom is 0.255 e. The molecule has 0 aromatic heterocycles. The Hall–Kier alpha value is -2.19. The summed E-state index contributed by atoms with van der Waals surface area (Å²) in [6.45, 7) is 0.305. The van der Waals surface area contributed by atoms with Crippen molar-refractivity contribution in [1.82, 2.24) is 10.2 Å². The van der Waals surface area contributed by atoms with E-state index in [1.807, 2.05) is 12.1 Å². The molecule has 1 heterocycles. The summed E-state index contributed by atoms with van der Waals surface area (Å²) in [5.41, 5.74) is 2.87. The minimum absolute atomic E-state index is 0.171. The van der Waals surface area contributed by atoms with E-state index in [9.17, 15) is 18.8 Å². The van der Waals surface area contributed by atoms with Crippen LogP contribution in [0.4, 0.5) is 4.39 Å². The molecule has 2 aromatic carbocycles. The highest BCUT2D eigenvalue weighted by molar-refractivity contribution is 9.08. The van der Waals surface area contributed by atoms with Gasteiger partial charge in [-0.3, -0.25) is 9.59 Å². The molecular weight excluding hydrogens is 471 g/mol. The number of nitrogens with one attached hydrogen (secondary N) is 1. The molecule has 0 bridgehead atoms. The van der Waals surface area contributed by atoms with Crippen LogP contribution in [0.2, 0.25) is 0 Å². The zero-order valence-corrected chi connectivity index (χ0v) is 18.9. The van der Waals surface area contributed by atoms with Crippen molar-refractivity contribution in [3.05, 3.63) is 64.5 Å². The minimum atomic E-state index is -0.658. The zero-order valence-electron chi connectivity index (χ0n) is 16.5. The van der Waals surface area contributed by atoms with Crippen molar-refractivity contribution in [1.29, 1.82) is 0 Å². The van der Waals surface area contributed by atoms with Gasteiger partial charge in [-0.1, -0.05) is 34.1 Å². The van der Waals surface area contributed by atoms with Gasteiger partial charge in [-0.2, -0.15) is 0 Å². The first-order valence-electron chi connectivity index (χ1n) is 9.53.